The first-order valence-electron chi connectivity index (χ1n) is 9.43. The molecule has 0 saturated carbocycles. The molecule has 0 unspecified atom stereocenters. The van der Waals surface area contributed by atoms with Crippen LogP contribution in [-0.2, 0) is 16.6 Å². The molecule has 172 valence electrons. The Bertz CT molecular complexity index is 1460. The van der Waals surface area contributed by atoms with Crippen LogP contribution >= 0.6 is 11.6 Å². The van der Waals surface area contributed by atoms with Crippen LogP contribution < -0.4 is 14.8 Å². The molecule has 0 amide bonds. The maximum absolute atomic E-state index is 15.1. The van der Waals surface area contributed by atoms with Gasteiger partial charge in [-0.2, -0.15) is 5.10 Å². The maximum Gasteiger partial charge on any atom is 0.267 e. The van der Waals surface area contributed by atoms with Crippen LogP contribution in [0, 0.1) is 18.6 Å². The molecule has 9 nitrogen and oxygen atoms in total. The molecule has 0 bridgehead atoms. The SMILES string of the molecule is COc1ncc(Cl)cc1S(=O)(=O)Nc1ccc(F)c(NCc2cnc3[nH]nc(C)c3c2)c1F. The molecule has 33 heavy (non-hydrogen) atoms. The molecule has 0 atom stereocenters. The predicted molar refractivity (Wildman–Crippen MR) is 119 cm³/mol. The molecule has 3 N–H and O–H groups in total. The van der Waals surface area contributed by atoms with E-state index in [1.165, 1.54) is 19.5 Å². The number of H-pyrrole nitrogens is 1. The number of anilines is 2. The lowest BCUT2D eigenvalue weighted by Gasteiger charge is -2.15. The fraction of sp³-hybridized carbons (Fsp3) is 0.150. The summed E-state index contributed by atoms with van der Waals surface area (Å²) >= 11 is 5.84. The first-order valence-corrected chi connectivity index (χ1v) is 11.3. The van der Waals surface area contributed by atoms with Crippen molar-refractivity contribution in [3.63, 3.8) is 0 Å². The number of aromatic nitrogens is 4. The summed E-state index contributed by atoms with van der Waals surface area (Å²) in [5, 5.41) is 10.3. The largest absolute Gasteiger partial charge is 0.480 e. The molecule has 4 aromatic rings. The molecular weight excluding hydrogens is 478 g/mol. The lowest BCUT2D eigenvalue weighted by Crippen LogP contribution is -2.16. The van der Waals surface area contributed by atoms with Gasteiger partial charge in [0.1, 0.15) is 11.5 Å². The van der Waals surface area contributed by atoms with Crippen LogP contribution in [-0.4, -0.2) is 35.7 Å². The molecule has 0 aliphatic heterocycles. The van der Waals surface area contributed by atoms with E-state index in [0.29, 0.717) is 11.2 Å². The third-order valence-corrected chi connectivity index (χ3v) is 6.30. The predicted octanol–water partition coefficient (Wildman–Crippen LogP) is 4.01. The molecule has 0 saturated heterocycles. The quantitative estimate of drug-likeness (QED) is 0.355. The van der Waals surface area contributed by atoms with E-state index >= 15 is 4.39 Å². The van der Waals surface area contributed by atoms with Crippen molar-refractivity contribution in [2.24, 2.45) is 0 Å². The van der Waals surface area contributed by atoms with Gasteiger partial charge in [-0.15, -0.1) is 0 Å². The van der Waals surface area contributed by atoms with Crippen molar-refractivity contribution in [1.29, 1.82) is 0 Å². The standard InChI is InChI=1S/C20H17ClF2N6O3S/c1-10-13-5-11(8-25-19(13)28-27-10)7-24-18-14(22)3-4-15(17(18)23)29-33(30,31)16-6-12(21)9-26-20(16)32-2/h3-6,8-9,24,29H,7H2,1-2H3,(H,25,27,28). The second-order valence-corrected chi connectivity index (χ2v) is 9.04. The number of hydrogen-bond donors (Lipinski definition) is 3. The molecular formula is C20H17ClF2N6O3S. The lowest BCUT2D eigenvalue weighted by atomic mass is 10.2. The van der Waals surface area contributed by atoms with Gasteiger partial charge in [-0.05, 0) is 36.8 Å². The Morgan fingerprint density at radius 2 is 1.97 bits per heavy atom. The monoisotopic (exact) mass is 494 g/mol. The van der Waals surface area contributed by atoms with Gasteiger partial charge < -0.3 is 10.1 Å². The number of nitrogens with zero attached hydrogens (tertiary/aromatic N) is 3. The smallest absolute Gasteiger partial charge is 0.267 e. The van der Waals surface area contributed by atoms with E-state index in [1.54, 1.807) is 13.0 Å². The van der Waals surface area contributed by atoms with Gasteiger partial charge in [0.15, 0.2) is 16.4 Å². The average Bonchev–Trinajstić information content (AvgIpc) is 3.16. The summed E-state index contributed by atoms with van der Waals surface area (Å²) in [6.07, 6.45) is 2.74. The fourth-order valence-electron chi connectivity index (χ4n) is 3.10. The van der Waals surface area contributed by atoms with Crippen molar-refractivity contribution in [3.05, 3.63) is 64.6 Å². The van der Waals surface area contributed by atoms with Crippen LogP contribution in [0.1, 0.15) is 11.3 Å². The summed E-state index contributed by atoms with van der Waals surface area (Å²) in [5.41, 5.74) is 0.997. The molecule has 3 aromatic heterocycles. The first kappa shape index (κ1) is 22.7. The number of pyridine rings is 2. The summed E-state index contributed by atoms with van der Waals surface area (Å²) in [6.45, 7) is 1.83. The van der Waals surface area contributed by atoms with Crippen LogP contribution in [0.25, 0.3) is 11.0 Å². The lowest BCUT2D eigenvalue weighted by molar-refractivity contribution is 0.385. The summed E-state index contributed by atoms with van der Waals surface area (Å²) in [7, 11) is -3.12. The van der Waals surface area contributed by atoms with Gasteiger partial charge in [-0.1, -0.05) is 11.6 Å². The Morgan fingerprint density at radius 1 is 1.18 bits per heavy atom. The number of aromatic amines is 1. The van der Waals surface area contributed by atoms with Crippen molar-refractivity contribution in [2.75, 3.05) is 17.1 Å². The Balaban J connectivity index is 1.61. The van der Waals surface area contributed by atoms with Crippen molar-refractivity contribution in [3.8, 4) is 5.88 Å². The van der Waals surface area contributed by atoms with Crippen LogP contribution in [0.15, 0.2) is 41.6 Å². The van der Waals surface area contributed by atoms with E-state index < -0.39 is 37.9 Å². The third-order valence-electron chi connectivity index (χ3n) is 4.74. The molecule has 4 rings (SSSR count). The highest BCUT2D eigenvalue weighted by molar-refractivity contribution is 7.92. The molecule has 1 aromatic carbocycles. The number of aryl methyl sites for hydroxylation is 1. The van der Waals surface area contributed by atoms with Gasteiger partial charge in [0.2, 0.25) is 5.88 Å². The number of rotatable bonds is 7. The molecule has 3 heterocycles. The highest BCUT2D eigenvalue weighted by Gasteiger charge is 2.24. The molecule has 0 radical (unpaired) electrons. The van der Waals surface area contributed by atoms with E-state index in [9.17, 15) is 12.8 Å². The van der Waals surface area contributed by atoms with Crippen LogP contribution in [0.4, 0.5) is 20.2 Å². The average molecular weight is 495 g/mol. The normalized spacial score (nSPS) is 11.5. The van der Waals surface area contributed by atoms with Gasteiger partial charge in [0.25, 0.3) is 10.0 Å². The zero-order valence-electron chi connectivity index (χ0n) is 17.3. The van der Waals surface area contributed by atoms with Crippen LogP contribution in [0.2, 0.25) is 5.02 Å². The molecule has 0 aliphatic rings. The van der Waals surface area contributed by atoms with Gasteiger partial charge in [-0.3, -0.25) is 9.82 Å². The Morgan fingerprint density at radius 3 is 2.73 bits per heavy atom. The van der Waals surface area contributed by atoms with E-state index in [1.807, 2.05) is 0 Å². The van der Waals surface area contributed by atoms with E-state index in [0.717, 1.165) is 29.3 Å². The summed E-state index contributed by atoms with van der Waals surface area (Å²) < 4.78 is 62.1. The maximum atomic E-state index is 15.1. The molecule has 0 spiro atoms. The number of methoxy groups -OCH3 is 1. The summed E-state index contributed by atoms with van der Waals surface area (Å²) in [6, 6.07) is 4.81. The Labute approximate surface area is 192 Å². The van der Waals surface area contributed by atoms with Crippen molar-refractivity contribution in [2.45, 2.75) is 18.4 Å². The summed E-state index contributed by atoms with van der Waals surface area (Å²) in [5.74, 6) is -2.25. The zero-order valence-corrected chi connectivity index (χ0v) is 18.9. The van der Waals surface area contributed by atoms with Crippen molar-refractivity contribution >= 4 is 44.0 Å². The minimum absolute atomic E-state index is 0.0314. The zero-order chi connectivity index (χ0) is 23.8. The molecule has 0 fully saturated rings. The van der Waals surface area contributed by atoms with Gasteiger partial charge in [-0.25, -0.2) is 27.2 Å². The number of ether oxygens (including phenoxy) is 1. The number of hydrogen-bond acceptors (Lipinski definition) is 7. The first-order chi connectivity index (χ1) is 15.7. The minimum atomic E-state index is -4.35. The molecule has 0 aliphatic carbocycles. The van der Waals surface area contributed by atoms with Crippen molar-refractivity contribution in [1.82, 2.24) is 20.2 Å². The van der Waals surface area contributed by atoms with E-state index in [4.69, 9.17) is 16.3 Å². The number of nitrogens with one attached hydrogen (secondary N) is 3. The van der Waals surface area contributed by atoms with Crippen LogP contribution in [0.5, 0.6) is 5.88 Å². The van der Waals surface area contributed by atoms with Crippen molar-refractivity contribution < 1.29 is 21.9 Å². The Kier molecular flexibility index (Phi) is 6.04. The number of halogens is 3. The number of sulfonamides is 1. The number of fused-ring (bicyclic) bond motifs is 1. The van der Waals surface area contributed by atoms with Crippen LogP contribution in [0.3, 0.4) is 0 Å². The van der Waals surface area contributed by atoms with E-state index in [2.05, 4.69) is 30.2 Å². The summed E-state index contributed by atoms with van der Waals surface area (Å²) in [4.78, 5) is 7.61. The highest BCUT2D eigenvalue weighted by atomic mass is 35.5. The second-order valence-electron chi connectivity index (χ2n) is 6.95. The van der Waals surface area contributed by atoms with Gasteiger partial charge >= 0.3 is 0 Å². The fourth-order valence-corrected chi connectivity index (χ4v) is 4.53. The minimum Gasteiger partial charge on any atom is -0.480 e. The Hall–Kier alpha value is -3.51. The number of benzene rings is 1. The third kappa shape index (κ3) is 4.52. The van der Waals surface area contributed by atoms with Gasteiger partial charge in [0, 0.05) is 24.3 Å². The molecule has 13 heteroatoms. The highest BCUT2D eigenvalue weighted by Crippen LogP contribution is 2.31. The van der Waals surface area contributed by atoms with E-state index in [-0.39, 0.29) is 17.4 Å². The second kappa shape index (κ2) is 8.79. The topological polar surface area (TPSA) is 122 Å². The van der Waals surface area contributed by atoms with Gasteiger partial charge in [0.05, 0.1) is 23.5 Å².